The highest BCUT2D eigenvalue weighted by Crippen LogP contribution is 2.45. The van der Waals surface area contributed by atoms with Gasteiger partial charge in [0.1, 0.15) is 0 Å². The molecule has 238 valence electrons. The minimum Gasteiger partial charge on any atom is -0.0656 e. The van der Waals surface area contributed by atoms with Gasteiger partial charge in [-0.25, -0.2) is 0 Å². The molecule has 0 radical (unpaired) electrons. The first-order chi connectivity index (χ1) is 24.4. The summed E-state index contributed by atoms with van der Waals surface area (Å²) < 4.78 is 0. The Hall–Kier alpha value is -5.76. The summed E-state index contributed by atoms with van der Waals surface area (Å²) in [7, 11) is -1.40. The van der Waals surface area contributed by atoms with Crippen molar-refractivity contribution in [2.24, 2.45) is 0 Å². The van der Waals surface area contributed by atoms with Gasteiger partial charge in [0.2, 0.25) is 0 Å². The molecule has 0 aromatic heterocycles. The van der Waals surface area contributed by atoms with Crippen molar-refractivity contribution < 1.29 is 0 Å². The van der Waals surface area contributed by atoms with Crippen molar-refractivity contribution in [3.63, 3.8) is 0 Å². The molecule has 0 nitrogen and oxygen atoms in total. The van der Waals surface area contributed by atoms with Crippen molar-refractivity contribution in [1.82, 2.24) is 0 Å². The first-order valence-corrected chi connectivity index (χ1v) is 21.1. The zero-order chi connectivity index (χ0) is 33.8. The molecule has 0 fully saturated rings. The topological polar surface area (TPSA) is 0 Å². The van der Waals surface area contributed by atoms with Crippen molar-refractivity contribution >= 4 is 56.4 Å². The SMILES string of the molecule is C[Si](C)(C)c1ccc(-c2c3ccccc3c(-c3ccc4cccc(-c5cccc(-c6cccc7ccccc67)c5)c4c3)c3ccccc23)cc1. The zero-order valence-electron chi connectivity index (χ0n) is 28.7. The lowest BCUT2D eigenvalue weighted by Crippen LogP contribution is -2.37. The van der Waals surface area contributed by atoms with Crippen LogP contribution in [0.2, 0.25) is 19.6 Å². The molecule has 0 saturated carbocycles. The van der Waals surface area contributed by atoms with Crippen LogP contribution in [0.25, 0.3) is 87.6 Å². The standard InChI is InChI=1S/C49H38Si/c1-50(2,3)39-29-27-35(28-30-39)48-43-19-6-8-21-45(43)49(46-22-9-7-20-44(46)48)38-26-25-34-15-12-24-42(47(34)32-38)37-17-10-16-36(31-37)41-23-11-14-33-13-4-5-18-40(33)41/h4-32H,1-3H3. The van der Waals surface area contributed by atoms with E-state index in [1.165, 1.54) is 92.8 Å². The third-order valence-corrected chi connectivity index (χ3v) is 12.5. The van der Waals surface area contributed by atoms with Crippen LogP contribution in [0.15, 0.2) is 176 Å². The molecule has 50 heavy (non-hydrogen) atoms. The molecular formula is C49H38Si. The fourth-order valence-electron chi connectivity index (χ4n) is 7.90. The van der Waals surface area contributed by atoms with Gasteiger partial charge in [0.25, 0.3) is 0 Å². The Morgan fingerprint density at radius 1 is 0.300 bits per heavy atom. The molecule has 0 atom stereocenters. The summed E-state index contributed by atoms with van der Waals surface area (Å²) in [6, 6.07) is 65.4. The van der Waals surface area contributed by atoms with Crippen LogP contribution in [0.4, 0.5) is 0 Å². The molecule has 9 aromatic carbocycles. The normalized spacial score (nSPS) is 11.9. The molecule has 0 unspecified atom stereocenters. The van der Waals surface area contributed by atoms with E-state index < -0.39 is 8.07 Å². The molecule has 0 N–H and O–H groups in total. The number of hydrogen-bond donors (Lipinski definition) is 0. The zero-order valence-corrected chi connectivity index (χ0v) is 29.7. The number of rotatable bonds is 5. The van der Waals surface area contributed by atoms with Gasteiger partial charge < -0.3 is 0 Å². The Morgan fingerprint density at radius 2 is 0.740 bits per heavy atom. The van der Waals surface area contributed by atoms with Gasteiger partial charge in [0, 0.05) is 0 Å². The molecule has 0 spiro atoms. The number of hydrogen-bond acceptors (Lipinski definition) is 0. The van der Waals surface area contributed by atoms with Crippen molar-refractivity contribution in [3.8, 4) is 44.5 Å². The quantitative estimate of drug-likeness (QED) is 0.128. The minimum absolute atomic E-state index is 1.23. The van der Waals surface area contributed by atoms with E-state index in [0.29, 0.717) is 0 Å². The molecule has 0 aliphatic heterocycles. The molecule has 0 aliphatic carbocycles. The smallest absolute Gasteiger partial charge is 0.0656 e. The van der Waals surface area contributed by atoms with Crippen LogP contribution in [0.5, 0.6) is 0 Å². The van der Waals surface area contributed by atoms with Gasteiger partial charge in [-0.1, -0.05) is 189 Å². The summed E-state index contributed by atoms with van der Waals surface area (Å²) in [6.07, 6.45) is 0. The molecule has 0 saturated heterocycles. The largest absolute Gasteiger partial charge is 0.0775 e. The predicted molar refractivity (Wildman–Crippen MR) is 221 cm³/mol. The fourth-order valence-corrected chi connectivity index (χ4v) is 9.07. The lowest BCUT2D eigenvalue weighted by Gasteiger charge is -2.20. The van der Waals surface area contributed by atoms with Gasteiger partial charge in [-0.15, -0.1) is 0 Å². The van der Waals surface area contributed by atoms with Gasteiger partial charge in [-0.3, -0.25) is 0 Å². The fraction of sp³-hybridized carbons (Fsp3) is 0.0612. The predicted octanol–water partition coefficient (Wildman–Crippen LogP) is 13.5. The van der Waals surface area contributed by atoms with Crippen LogP contribution < -0.4 is 5.19 Å². The summed E-state index contributed by atoms with van der Waals surface area (Å²) in [4.78, 5) is 0. The molecule has 0 amide bonds. The summed E-state index contributed by atoms with van der Waals surface area (Å²) in [6.45, 7) is 7.25. The van der Waals surface area contributed by atoms with E-state index in [4.69, 9.17) is 0 Å². The molecule has 0 heterocycles. The average molecular weight is 655 g/mol. The molecule has 0 aliphatic rings. The van der Waals surface area contributed by atoms with Crippen molar-refractivity contribution in [2.45, 2.75) is 19.6 Å². The molecule has 9 aromatic rings. The molecule has 9 rings (SSSR count). The van der Waals surface area contributed by atoms with Gasteiger partial charge in [0.15, 0.2) is 0 Å². The van der Waals surface area contributed by atoms with E-state index in [1.807, 2.05) is 0 Å². The van der Waals surface area contributed by atoms with E-state index in [0.717, 1.165) is 0 Å². The monoisotopic (exact) mass is 654 g/mol. The van der Waals surface area contributed by atoms with E-state index in [2.05, 4.69) is 196 Å². The van der Waals surface area contributed by atoms with Crippen LogP contribution in [0, 0.1) is 0 Å². The second kappa shape index (κ2) is 12.0. The summed E-state index contributed by atoms with van der Waals surface area (Å²) >= 11 is 0. The van der Waals surface area contributed by atoms with Crippen LogP contribution in [0.3, 0.4) is 0 Å². The highest BCUT2D eigenvalue weighted by atomic mass is 28.3. The van der Waals surface area contributed by atoms with Crippen LogP contribution >= 0.6 is 0 Å². The number of fused-ring (bicyclic) bond motifs is 4. The Kier molecular flexibility index (Phi) is 7.26. The Labute approximate surface area is 295 Å². The van der Waals surface area contributed by atoms with Gasteiger partial charge in [0.05, 0.1) is 8.07 Å². The van der Waals surface area contributed by atoms with Crippen LogP contribution in [-0.2, 0) is 0 Å². The first kappa shape index (κ1) is 30.3. The Morgan fingerprint density at radius 3 is 1.32 bits per heavy atom. The maximum absolute atomic E-state index is 2.42. The van der Waals surface area contributed by atoms with E-state index in [9.17, 15) is 0 Å². The van der Waals surface area contributed by atoms with E-state index in [-0.39, 0.29) is 0 Å². The summed E-state index contributed by atoms with van der Waals surface area (Å²) in [5, 5.41) is 11.7. The highest BCUT2D eigenvalue weighted by molar-refractivity contribution is 6.88. The lowest BCUT2D eigenvalue weighted by molar-refractivity contribution is 1.62. The lowest BCUT2D eigenvalue weighted by atomic mass is 9.85. The third kappa shape index (κ3) is 5.14. The second-order valence-corrected chi connectivity index (χ2v) is 19.6. The maximum Gasteiger partial charge on any atom is 0.0775 e. The van der Waals surface area contributed by atoms with E-state index in [1.54, 1.807) is 0 Å². The van der Waals surface area contributed by atoms with Gasteiger partial charge >= 0.3 is 0 Å². The molecular weight excluding hydrogens is 617 g/mol. The number of benzene rings is 9. The highest BCUT2D eigenvalue weighted by Gasteiger charge is 2.19. The Balaban J connectivity index is 1.24. The minimum atomic E-state index is -1.40. The summed E-state index contributed by atoms with van der Waals surface area (Å²) in [5.74, 6) is 0. The average Bonchev–Trinajstić information content (AvgIpc) is 3.16. The maximum atomic E-state index is 2.42. The van der Waals surface area contributed by atoms with Crippen molar-refractivity contribution in [1.29, 1.82) is 0 Å². The first-order valence-electron chi connectivity index (χ1n) is 17.6. The molecule has 0 bridgehead atoms. The molecule has 1 heteroatoms. The van der Waals surface area contributed by atoms with Gasteiger partial charge in [-0.05, 0) is 99.7 Å². The summed E-state index contributed by atoms with van der Waals surface area (Å²) in [5.41, 5.74) is 10.1. The Bertz CT molecular complexity index is 2660. The third-order valence-electron chi connectivity index (χ3n) is 10.4. The van der Waals surface area contributed by atoms with Gasteiger partial charge in [-0.2, -0.15) is 0 Å². The van der Waals surface area contributed by atoms with E-state index >= 15 is 0 Å². The second-order valence-electron chi connectivity index (χ2n) is 14.5. The van der Waals surface area contributed by atoms with Crippen LogP contribution in [0.1, 0.15) is 0 Å². The van der Waals surface area contributed by atoms with Crippen molar-refractivity contribution in [2.75, 3.05) is 0 Å². The van der Waals surface area contributed by atoms with Crippen LogP contribution in [-0.4, -0.2) is 8.07 Å². The van der Waals surface area contributed by atoms with Crippen molar-refractivity contribution in [3.05, 3.63) is 176 Å².